The number of aryl methyl sites for hydroxylation is 1. The van der Waals surface area contributed by atoms with Crippen molar-refractivity contribution in [1.29, 1.82) is 5.26 Å². The standard InChI is InChI=1S/C14H11FN6O/c1-21-13-9(7-18-14(17)19-13)12(20-21)8-2-3-11(10(15)6-8)22-5-4-16/h2-3,6-7H,5H2,1H3,(H2,17,18,19). The number of benzene rings is 1. The Morgan fingerprint density at radius 1 is 1.45 bits per heavy atom. The molecule has 2 aromatic heterocycles. The maximum atomic E-state index is 14.0. The number of hydrogen-bond acceptors (Lipinski definition) is 6. The van der Waals surface area contributed by atoms with E-state index in [0.29, 0.717) is 22.3 Å². The average molecular weight is 298 g/mol. The Labute approximate surface area is 124 Å². The average Bonchev–Trinajstić information content (AvgIpc) is 2.83. The molecule has 22 heavy (non-hydrogen) atoms. The van der Waals surface area contributed by atoms with Gasteiger partial charge in [0.2, 0.25) is 5.95 Å². The van der Waals surface area contributed by atoms with Crippen LogP contribution < -0.4 is 10.5 Å². The van der Waals surface area contributed by atoms with Crippen molar-refractivity contribution in [2.45, 2.75) is 0 Å². The summed E-state index contributed by atoms with van der Waals surface area (Å²) in [5.74, 6) is -0.401. The summed E-state index contributed by atoms with van der Waals surface area (Å²) < 4.78 is 20.5. The Kier molecular flexibility index (Phi) is 3.31. The van der Waals surface area contributed by atoms with E-state index in [9.17, 15) is 4.39 Å². The zero-order valence-electron chi connectivity index (χ0n) is 11.6. The van der Waals surface area contributed by atoms with Gasteiger partial charge in [-0.05, 0) is 18.2 Å². The lowest BCUT2D eigenvalue weighted by molar-refractivity contribution is 0.346. The minimum Gasteiger partial charge on any atom is -0.476 e. The fraction of sp³-hybridized carbons (Fsp3) is 0.143. The molecule has 2 N–H and O–H groups in total. The molecule has 0 aliphatic heterocycles. The molecule has 2 heterocycles. The smallest absolute Gasteiger partial charge is 0.222 e. The Hall–Kier alpha value is -3.21. The number of rotatable bonds is 3. The molecule has 0 spiro atoms. The zero-order valence-corrected chi connectivity index (χ0v) is 11.6. The number of halogens is 1. The van der Waals surface area contributed by atoms with E-state index < -0.39 is 5.82 Å². The zero-order chi connectivity index (χ0) is 15.7. The van der Waals surface area contributed by atoms with Crippen LogP contribution in [0.4, 0.5) is 10.3 Å². The van der Waals surface area contributed by atoms with E-state index in [2.05, 4.69) is 15.1 Å². The first-order valence-electron chi connectivity index (χ1n) is 6.35. The first-order valence-corrected chi connectivity index (χ1v) is 6.35. The summed E-state index contributed by atoms with van der Waals surface area (Å²) in [6.07, 6.45) is 1.55. The Morgan fingerprint density at radius 3 is 3.00 bits per heavy atom. The number of fused-ring (bicyclic) bond motifs is 1. The molecule has 0 saturated heterocycles. The predicted molar refractivity (Wildman–Crippen MR) is 77.2 cm³/mol. The molecule has 3 aromatic rings. The number of nitrogens with zero attached hydrogens (tertiary/aromatic N) is 5. The van der Waals surface area contributed by atoms with Gasteiger partial charge in [0.15, 0.2) is 23.8 Å². The minimum absolute atomic E-state index is 0.0195. The highest BCUT2D eigenvalue weighted by atomic mass is 19.1. The summed E-state index contributed by atoms with van der Waals surface area (Å²) in [4.78, 5) is 8.06. The number of ether oxygens (including phenoxy) is 1. The molecular weight excluding hydrogens is 287 g/mol. The first kappa shape index (κ1) is 13.8. The maximum absolute atomic E-state index is 14.0. The van der Waals surface area contributed by atoms with Gasteiger partial charge < -0.3 is 10.5 Å². The van der Waals surface area contributed by atoms with Crippen LogP contribution in [0.1, 0.15) is 0 Å². The topological polar surface area (TPSA) is 103 Å². The second-order valence-corrected chi connectivity index (χ2v) is 4.53. The van der Waals surface area contributed by atoms with Crippen molar-refractivity contribution in [3.63, 3.8) is 0 Å². The lowest BCUT2D eigenvalue weighted by Crippen LogP contribution is -1.97. The fourth-order valence-electron chi connectivity index (χ4n) is 2.14. The summed E-state index contributed by atoms with van der Waals surface area (Å²) >= 11 is 0. The molecule has 0 unspecified atom stereocenters. The number of nitriles is 1. The largest absolute Gasteiger partial charge is 0.476 e. The molecule has 7 nitrogen and oxygen atoms in total. The van der Waals surface area contributed by atoms with Crippen LogP contribution in [0.2, 0.25) is 0 Å². The van der Waals surface area contributed by atoms with Crippen LogP contribution in [0, 0.1) is 17.1 Å². The third kappa shape index (κ3) is 2.29. The summed E-state index contributed by atoms with van der Waals surface area (Å²) in [7, 11) is 1.72. The van der Waals surface area contributed by atoms with E-state index in [1.165, 1.54) is 12.1 Å². The normalized spacial score (nSPS) is 10.6. The maximum Gasteiger partial charge on any atom is 0.222 e. The number of nitrogens with two attached hydrogens (primary N) is 1. The predicted octanol–water partition coefficient (Wildman–Crippen LogP) is 1.65. The van der Waals surface area contributed by atoms with E-state index in [1.54, 1.807) is 30.1 Å². The van der Waals surface area contributed by atoms with Crippen LogP contribution in [0.3, 0.4) is 0 Å². The molecule has 0 fully saturated rings. The van der Waals surface area contributed by atoms with Gasteiger partial charge in [0.05, 0.1) is 5.39 Å². The third-order valence-electron chi connectivity index (χ3n) is 3.10. The second kappa shape index (κ2) is 5.29. The van der Waals surface area contributed by atoms with Gasteiger partial charge in [-0.2, -0.15) is 15.3 Å². The van der Waals surface area contributed by atoms with Gasteiger partial charge in [-0.1, -0.05) is 0 Å². The molecule has 0 aliphatic carbocycles. The minimum atomic E-state index is -0.567. The molecular formula is C14H11FN6O. The van der Waals surface area contributed by atoms with Gasteiger partial charge in [0.25, 0.3) is 0 Å². The van der Waals surface area contributed by atoms with Gasteiger partial charge in [0.1, 0.15) is 11.8 Å². The summed E-state index contributed by atoms with van der Waals surface area (Å²) in [5.41, 5.74) is 7.23. The lowest BCUT2D eigenvalue weighted by Gasteiger charge is -2.04. The molecule has 110 valence electrons. The lowest BCUT2D eigenvalue weighted by atomic mass is 10.1. The molecule has 0 saturated carbocycles. The van der Waals surface area contributed by atoms with Crippen LogP contribution in [-0.2, 0) is 7.05 Å². The highest BCUT2D eigenvalue weighted by molar-refractivity contribution is 5.91. The third-order valence-corrected chi connectivity index (χ3v) is 3.10. The summed E-state index contributed by atoms with van der Waals surface area (Å²) in [6.45, 7) is -0.212. The first-order chi connectivity index (χ1) is 10.6. The van der Waals surface area contributed by atoms with Crippen molar-refractivity contribution in [3.05, 3.63) is 30.2 Å². The second-order valence-electron chi connectivity index (χ2n) is 4.53. The van der Waals surface area contributed by atoms with E-state index >= 15 is 0 Å². The monoisotopic (exact) mass is 298 g/mol. The molecule has 8 heteroatoms. The molecule has 0 atom stereocenters. The molecule has 0 radical (unpaired) electrons. The van der Waals surface area contributed by atoms with Gasteiger partial charge in [-0.25, -0.2) is 14.1 Å². The summed E-state index contributed by atoms with van der Waals surface area (Å²) in [5, 5.41) is 13.5. The molecule has 0 bridgehead atoms. The fourth-order valence-corrected chi connectivity index (χ4v) is 2.14. The quantitative estimate of drug-likeness (QED) is 0.788. The van der Waals surface area contributed by atoms with E-state index in [1.807, 2.05) is 0 Å². The highest BCUT2D eigenvalue weighted by Crippen LogP contribution is 2.29. The van der Waals surface area contributed by atoms with Crippen LogP contribution in [0.15, 0.2) is 24.4 Å². The Balaban J connectivity index is 2.08. The number of hydrogen-bond donors (Lipinski definition) is 1. The number of anilines is 1. The molecule has 3 rings (SSSR count). The SMILES string of the molecule is Cn1nc(-c2ccc(OCC#N)c(F)c2)c2cnc(N)nc21. The highest BCUT2D eigenvalue weighted by Gasteiger charge is 2.14. The molecule has 0 amide bonds. The molecule has 0 aliphatic rings. The summed E-state index contributed by atoms with van der Waals surface area (Å²) in [6, 6.07) is 6.21. The van der Waals surface area contributed by atoms with Gasteiger partial charge in [-0.15, -0.1) is 0 Å². The van der Waals surface area contributed by atoms with Crippen molar-refractivity contribution >= 4 is 17.0 Å². The van der Waals surface area contributed by atoms with Crippen molar-refractivity contribution in [1.82, 2.24) is 19.7 Å². The van der Waals surface area contributed by atoms with Gasteiger partial charge in [-0.3, -0.25) is 0 Å². The van der Waals surface area contributed by atoms with E-state index in [4.69, 9.17) is 15.7 Å². The van der Waals surface area contributed by atoms with Crippen LogP contribution in [0.25, 0.3) is 22.3 Å². The van der Waals surface area contributed by atoms with Crippen LogP contribution in [-0.4, -0.2) is 26.4 Å². The van der Waals surface area contributed by atoms with Crippen molar-refractivity contribution in [3.8, 4) is 23.1 Å². The van der Waals surface area contributed by atoms with Crippen LogP contribution in [0.5, 0.6) is 5.75 Å². The Bertz CT molecular complexity index is 898. The van der Waals surface area contributed by atoms with Crippen molar-refractivity contribution in [2.24, 2.45) is 7.05 Å². The van der Waals surface area contributed by atoms with E-state index in [-0.39, 0.29) is 18.3 Å². The van der Waals surface area contributed by atoms with Crippen LogP contribution >= 0.6 is 0 Å². The van der Waals surface area contributed by atoms with Crippen molar-refractivity contribution < 1.29 is 9.13 Å². The number of aromatic nitrogens is 4. The molecule has 1 aromatic carbocycles. The van der Waals surface area contributed by atoms with E-state index in [0.717, 1.165) is 0 Å². The van der Waals surface area contributed by atoms with Gasteiger partial charge >= 0.3 is 0 Å². The Morgan fingerprint density at radius 2 is 2.27 bits per heavy atom. The van der Waals surface area contributed by atoms with Crippen molar-refractivity contribution in [2.75, 3.05) is 12.3 Å². The van der Waals surface area contributed by atoms with Gasteiger partial charge in [0, 0.05) is 18.8 Å². The number of nitrogen functional groups attached to an aromatic ring is 1.